The van der Waals surface area contributed by atoms with Gasteiger partial charge in [-0.25, -0.2) is 4.98 Å². The van der Waals surface area contributed by atoms with E-state index in [-0.39, 0.29) is 11.9 Å². The molecule has 1 aromatic heterocycles. The van der Waals surface area contributed by atoms with Crippen LogP contribution in [0, 0.1) is 0 Å². The molecule has 1 aliphatic heterocycles. The molecule has 5 nitrogen and oxygen atoms in total. The molecule has 80 valence electrons. The molecule has 0 bridgehead atoms. The SMILES string of the molecule is NC(=O)C1CCN1c1ncc(N)cc1Br. The summed E-state index contributed by atoms with van der Waals surface area (Å²) in [6.07, 6.45) is 2.35. The lowest BCUT2D eigenvalue weighted by Crippen LogP contribution is -2.55. The van der Waals surface area contributed by atoms with Crippen LogP contribution in [0.2, 0.25) is 0 Å². The Kier molecular flexibility index (Phi) is 2.52. The highest BCUT2D eigenvalue weighted by atomic mass is 79.9. The van der Waals surface area contributed by atoms with E-state index in [0.717, 1.165) is 23.3 Å². The van der Waals surface area contributed by atoms with Gasteiger partial charge in [0.25, 0.3) is 0 Å². The molecule has 15 heavy (non-hydrogen) atoms. The number of pyridine rings is 1. The van der Waals surface area contributed by atoms with Gasteiger partial charge < -0.3 is 16.4 Å². The molecule has 6 heteroatoms. The number of nitrogen functional groups attached to an aromatic ring is 1. The third-order valence-corrected chi connectivity index (χ3v) is 3.05. The smallest absolute Gasteiger partial charge is 0.240 e. The molecular formula is C9H11BrN4O. The van der Waals surface area contributed by atoms with E-state index in [4.69, 9.17) is 11.5 Å². The standard InChI is InChI=1S/C9H11BrN4O/c10-6-3-5(11)4-13-9(6)14-2-1-7(14)8(12)15/h3-4,7H,1-2,11H2,(H2,12,15). The molecule has 0 aromatic carbocycles. The number of carbonyl (C=O) groups is 1. The first-order valence-corrected chi connectivity index (χ1v) is 5.36. The van der Waals surface area contributed by atoms with Crippen LogP contribution in [0.25, 0.3) is 0 Å². The second-order valence-electron chi connectivity index (χ2n) is 3.47. The van der Waals surface area contributed by atoms with Gasteiger partial charge in [0.05, 0.1) is 16.4 Å². The van der Waals surface area contributed by atoms with Crippen LogP contribution in [0.3, 0.4) is 0 Å². The second kappa shape index (κ2) is 3.69. The highest BCUT2D eigenvalue weighted by molar-refractivity contribution is 9.10. The maximum absolute atomic E-state index is 11.1. The van der Waals surface area contributed by atoms with Crippen molar-refractivity contribution in [3.8, 4) is 0 Å². The van der Waals surface area contributed by atoms with Gasteiger partial charge in [-0.2, -0.15) is 0 Å². The topological polar surface area (TPSA) is 85.2 Å². The lowest BCUT2D eigenvalue weighted by atomic mass is 10.0. The molecular weight excluding hydrogens is 260 g/mol. The Balaban J connectivity index is 2.27. The van der Waals surface area contributed by atoms with E-state index in [1.54, 1.807) is 12.3 Å². The maximum atomic E-state index is 11.1. The summed E-state index contributed by atoms with van der Waals surface area (Å²) in [4.78, 5) is 17.1. The van der Waals surface area contributed by atoms with E-state index < -0.39 is 0 Å². The number of aromatic nitrogens is 1. The van der Waals surface area contributed by atoms with Crippen LogP contribution in [0.5, 0.6) is 0 Å². The zero-order chi connectivity index (χ0) is 11.0. The van der Waals surface area contributed by atoms with Gasteiger partial charge in [0.15, 0.2) is 0 Å². The van der Waals surface area contributed by atoms with Crippen LogP contribution in [0.4, 0.5) is 11.5 Å². The highest BCUT2D eigenvalue weighted by Gasteiger charge is 2.34. The molecule has 0 radical (unpaired) electrons. The van der Waals surface area contributed by atoms with Crippen molar-refractivity contribution < 1.29 is 4.79 Å². The number of hydrogen-bond acceptors (Lipinski definition) is 4. The van der Waals surface area contributed by atoms with Gasteiger partial charge in [-0.05, 0) is 28.4 Å². The van der Waals surface area contributed by atoms with Crippen LogP contribution in [-0.4, -0.2) is 23.5 Å². The Bertz CT molecular complexity index is 409. The van der Waals surface area contributed by atoms with Crippen molar-refractivity contribution in [2.45, 2.75) is 12.5 Å². The zero-order valence-corrected chi connectivity index (χ0v) is 9.57. The second-order valence-corrected chi connectivity index (χ2v) is 4.33. The van der Waals surface area contributed by atoms with Gasteiger partial charge in [0.1, 0.15) is 11.9 Å². The first-order chi connectivity index (χ1) is 7.09. The van der Waals surface area contributed by atoms with Crippen LogP contribution >= 0.6 is 15.9 Å². The zero-order valence-electron chi connectivity index (χ0n) is 7.98. The summed E-state index contributed by atoms with van der Waals surface area (Å²) in [5.74, 6) is 0.408. The molecule has 0 spiro atoms. The first kappa shape index (κ1) is 10.2. The minimum absolute atomic E-state index is 0.238. The van der Waals surface area contributed by atoms with Crippen molar-refractivity contribution in [2.24, 2.45) is 5.73 Å². The van der Waals surface area contributed by atoms with E-state index in [2.05, 4.69) is 20.9 Å². The van der Waals surface area contributed by atoms with E-state index in [0.29, 0.717) is 5.69 Å². The molecule has 1 unspecified atom stereocenters. The molecule has 1 atom stereocenters. The molecule has 1 aromatic rings. The van der Waals surface area contributed by atoms with Crippen LogP contribution < -0.4 is 16.4 Å². The minimum atomic E-state index is -0.313. The number of hydrogen-bond donors (Lipinski definition) is 2. The molecule has 2 rings (SSSR count). The van der Waals surface area contributed by atoms with Crippen LogP contribution in [0.1, 0.15) is 6.42 Å². The average molecular weight is 271 g/mol. The highest BCUT2D eigenvalue weighted by Crippen LogP contribution is 2.31. The van der Waals surface area contributed by atoms with Crippen molar-refractivity contribution in [2.75, 3.05) is 17.2 Å². The Morgan fingerprint density at radius 1 is 1.67 bits per heavy atom. The van der Waals surface area contributed by atoms with Crippen LogP contribution in [-0.2, 0) is 4.79 Å². The molecule has 1 aliphatic rings. The summed E-state index contributed by atoms with van der Waals surface area (Å²) in [5.41, 5.74) is 11.4. The number of anilines is 2. The van der Waals surface area contributed by atoms with E-state index >= 15 is 0 Å². The van der Waals surface area contributed by atoms with Gasteiger partial charge in [-0.3, -0.25) is 4.79 Å². The van der Waals surface area contributed by atoms with Gasteiger partial charge in [-0.1, -0.05) is 0 Å². The van der Waals surface area contributed by atoms with Gasteiger partial charge in [0, 0.05) is 6.54 Å². The predicted octanol–water partition coefficient (Wildman–Crippen LogP) is 0.490. The number of primary amides is 1. The summed E-state index contributed by atoms with van der Waals surface area (Å²) < 4.78 is 0.786. The van der Waals surface area contributed by atoms with E-state index in [1.165, 1.54) is 0 Å². The molecule has 1 saturated heterocycles. The normalized spacial score (nSPS) is 19.8. The maximum Gasteiger partial charge on any atom is 0.240 e. The monoisotopic (exact) mass is 270 g/mol. The molecule has 0 aliphatic carbocycles. The molecule has 1 amide bonds. The number of amides is 1. The third-order valence-electron chi connectivity index (χ3n) is 2.46. The van der Waals surface area contributed by atoms with Crippen molar-refractivity contribution in [3.63, 3.8) is 0 Å². The van der Waals surface area contributed by atoms with E-state index in [1.807, 2.05) is 4.90 Å². The lowest BCUT2D eigenvalue weighted by Gasteiger charge is -2.40. The number of nitrogens with zero attached hydrogens (tertiary/aromatic N) is 2. The summed E-state index contributed by atoms with van der Waals surface area (Å²) >= 11 is 3.36. The average Bonchev–Trinajstić information content (AvgIpc) is 2.06. The third kappa shape index (κ3) is 1.77. The number of halogens is 1. The van der Waals surface area contributed by atoms with Crippen molar-refractivity contribution in [1.29, 1.82) is 0 Å². The minimum Gasteiger partial charge on any atom is -0.397 e. The summed E-state index contributed by atoms with van der Waals surface area (Å²) in [6, 6.07) is 1.52. The number of rotatable bonds is 2. The Morgan fingerprint density at radius 3 is 2.87 bits per heavy atom. The Morgan fingerprint density at radius 2 is 2.40 bits per heavy atom. The Hall–Kier alpha value is -1.30. The van der Waals surface area contributed by atoms with E-state index in [9.17, 15) is 4.79 Å². The quantitative estimate of drug-likeness (QED) is 0.819. The summed E-state index contributed by atoms with van der Waals surface area (Å²) in [6.45, 7) is 0.795. The largest absolute Gasteiger partial charge is 0.397 e. The first-order valence-electron chi connectivity index (χ1n) is 4.56. The lowest BCUT2D eigenvalue weighted by molar-refractivity contribution is -0.120. The fourth-order valence-electron chi connectivity index (χ4n) is 1.59. The molecule has 0 saturated carbocycles. The predicted molar refractivity (Wildman–Crippen MR) is 61.3 cm³/mol. The fraction of sp³-hybridized carbons (Fsp3) is 0.333. The molecule has 1 fully saturated rings. The molecule has 4 N–H and O–H groups in total. The summed E-state index contributed by atoms with van der Waals surface area (Å²) in [7, 11) is 0. The molecule has 2 heterocycles. The number of carbonyl (C=O) groups excluding carboxylic acids is 1. The number of nitrogens with two attached hydrogens (primary N) is 2. The van der Waals surface area contributed by atoms with Crippen molar-refractivity contribution in [3.05, 3.63) is 16.7 Å². The van der Waals surface area contributed by atoms with Gasteiger partial charge in [-0.15, -0.1) is 0 Å². The van der Waals surface area contributed by atoms with Crippen molar-refractivity contribution >= 4 is 33.3 Å². The Labute approximate surface area is 95.6 Å². The van der Waals surface area contributed by atoms with Crippen LogP contribution in [0.15, 0.2) is 16.7 Å². The van der Waals surface area contributed by atoms with Crippen molar-refractivity contribution in [1.82, 2.24) is 4.98 Å². The van der Waals surface area contributed by atoms with Gasteiger partial charge >= 0.3 is 0 Å². The summed E-state index contributed by atoms with van der Waals surface area (Å²) in [5, 5.41) is 0. The van der Waals surface area contributed by atoms with Gasteiger partial charge in [0.2, 0.25) is 5.91 Å². The fourth-order valence-corrected chi connectivity index (χ4v) is 2.19.